The summed E-state index contributed by atoms with van der Waals surface area (Å²) in [5.41, 5.74) is 5.49. The summed E-state index contributed by atoms with van der Waals surface area (Å²) in [6.07, 6.45) is 12.4. The molecule has 7 aromatic rings. The van der Waals surface area contributed by atoms with Gasteiger partial charge >= 0.3 is 0 Å². The van der Waals surface area contributed by atoms with Crippen molar-refractivity contribution in [3.05, 3.63) is 90.3 Å². The van der Waals surface area contributed by atoms with Gasteiger partial charge in [0.2, 0.25) is 0 Å². The minimum atomic E-state index is -0.237. The zero-order valence-corrected chi connectivity index (χ0v) is 26.0. The third kappa shape index (κ3) is 3.72. The Bertz CT molecular complexity index is 1780. The van der Waals surface area contributed by atoms with Crippen molar-refractivity contribution in [1.82, 2.24) is 42.5 Å². The molecule has 0 fully saturated rings. The van der Waals surface area contributed by atoms with E-state index in [1.54, 1.807) is 0 Å². The highest BCUT2D eigenvalue weighted by molar-refractivity contribution is 5.76. The lowest BCUT2D eigenvalue weighted by Crippen LogP contribution is -2.18. The van der Waals surface area contributed by atoms with Crippen LogP contribution in [0.3, 0.4) is 0 Å². The summed E-state index contributed by atoms with van der Waals surface area (Å²) in [6, 6.07) is 12.3. The van der Waals surface area contributed by atoms with Gasteiger partial charge in [-0.05, 0) is 52.6 Å². The molecule has 0 atom stereocenters. The van der Waals surface area contributed by atoms with E-state index in [1.165, 1.54) is 0 Å². The van der Waals surface area contributed by atoms with Crippen LogP contribution in [0.1, 0.15) is 79.0 Å². The number of hydrogen-bond donors (Lipinski definition) is 0. The molecule has 7 aromatic heterocycles. The van der Waals surface area contributed by atoms with Gasteiger partial charge < -0.3 is 13.7 Å². The van der Waals surface area contributed by atoms with E-state index in [0.717, 1.165) is 51.1 Å². The maximum absolute atomic E-state index is 5.37. The number of fused-ring (bicyclic) bond motifs is 6. The molecule has 0 aliphatic rings. The Balaban J connectivity index is 1.83. The smallest absolute Gasteiger partial charge is 0.167 e. The molecule has 7 heterocycles. The van der Waals surface area contributed by atoms with Crippen LogP contribution in [-0.4, -0.2) is 42.5 Å². The molecule has 0 radical (unpaired) electrons. The van der Waals surface area contributed by atoms with Gasteiger partial charge in [-0.15, -0.1) is 15.3 Å². The molecule has 9 nitrogen and oxygen atoms in total. The Kier molecular flexibility index (Phi) is 5.34. The molecule has 0 saturated heterocycles. The van der Waals surface area contributed by atoms with Crippen LogP contribution >= 0.6 is 0 Å². The molecule has 0 unspecified atom stereocenters. The van der Waals surface area contributed by atoms with Crippen molar-refractivity contribution >= 4 is 16.9 Å². The van der Waals surface area contributed by atoms with E-state index in [9.17, 15) is 0 Å². The molecule has 0 spiro atoms. The second kappa shape index (κ2) is 8.50. The molecule has 0 saturated carbocycles. The van der Waals surface area contributed by atoms with Crippen molar-refractivity contribution in [2.45, 2.75) is 78.6 Å². The number of aromatic nitrogens is 9. The van der Waals surface area contributed by atoms with Crippen molar-refractivity contribution in [2.75, 3.05) is 0 Å². The molecule has 0 aromatic carbocycles. The third-order valence-electron chi connectivity index (χ3n) is 7.93. The minimum Gasteiger partial charge on any atom is -0.307 e. The van der Waals surface area contributed by atoms with Gasteiger partial charge in [0.1, 0.15) is 0 Å². The Morgan fingerprint density at radius 1 is 0.381 bits per heavy atom. The maximum Gasteiger partial charge on any atom is 0.167 e. The maximum atomic E-state index is 5.37. The fraction of sp³-hybridized carbons (Fsp3) is 0.364. The summed E-state index contributed by atoms with van der Waals surface area (Å²) in [6.45, 7) is 20.3. The Labute approximate surface area is 245 Å². The van der Waals surface area contributed by atoms with E-state index >= 15 is 0 Å². The first-order valence-electron chi connectivity index (χ1n) is 14.6. The monoisotopic (exact) mass is 561 g/mol. The van der Waals surface area contributed by atoms with Crippen LogP contribution in [0.2, 0.25) is 0 Å². The predicted molar refractivity (Wildman–Crippen MR) is 167 cm³/mol. The van der Waals surface area contributed by atoms with Gasteiger partial charge in [-0.25, -0.2) is 0 Å². The highest BCUT2D eigenvalue weighted by atomic mass is 15.5. The van der Waals surface area contributed by atoms with Crippen LogP contribution in [0.5, 0.6) is 0 Å². The number of rotatable bonds is 3. The van der Waals surface area contributed by atoms with Crippen molar-refractivity contribution < 1.29 is 0 Å². The quantitative estimate of drug-likeness (QED) is 0.236. The minimum absolute atomic E-state index is 0.237. The van der Waals surface area contributed by atoms with Crippen LogP contribution < -0.4 is 0 Å². The van der Waals surface area contributed by atoms with E-state index in [2.05, 4.69) is 127 Å². The van der Waals surface area contributed by atoms with Gasteiger partial charge in [-0.2, -0.15) is 13.5 Å². The largest absolute Gasteiger partial charge is 0.307 e. The summed E-state index contributed by atoms with van der Waals surface area (Å²) in [7, 11) is 0. The second-order valence-electron chi connectivity index (χ2n) is 14.3. The van der Waals surface area contributed by atoms with E-state index in [-0.39, 0.29) is 16.2 Å². The first-order chi connectivity index (χ1) is 19.8. The highest BCUT2D eigenvalue weighted by Gasteiger charge is 2.37. The summed E-state index contributed by atoms with van der Waals surface area (Å²) in [4.78, 5) is 0. The topological polar surface area (TPSA) is 66.7 Å². The molecule has 0 N–H and O–H groups in total. The van der Waals surface area contributed by atoms with E-state index in [0.29, 0.717) is 0 Å². The summed E-state index contributed by atoms with van der Waals surface area (Å²) < 4.78 is 12.6. The molecule has 216 valence electrons. The molecule has 9 heteroatoms. The molecular weight excluding hydrogens is 522 g/mol. The summed E-state index contributed by atoms with van der Waals surface area (Å²) >= 11 is 0. The van der Waals surface area contributed by atoms with Crippen LogP contribution in [0.15, 0.2) is 73.6 Å². The molecule has 42 heavy (non-hydrogen) atoms. The normalized spacial score (nSPS) is 13.4. The lowest BCUT2D eigenvalue weighted by atomic mass is 9.87. The van der Waals surface area contributed by atoms with Crippen LogP contribution in [0.25, 0.3) is 34.4 Å². The van der Waals surface area contributed by atoms with Crippen molar-refractivity contribution in [1.29, 1.82) is 0 Å². The highest BCUT2D eigenvalue weighted by Crippen LogP contribution is 2.41. The molecule has 7 rings (SSSR count). The fourth-order valence-corrected chi connectivity index (χ4v) is 6.21. The predicted octanol–water partition coefficient (Wildman–Crippen LogP) is 6.89. The molecular formula is C33H39N9. The zero-order chi connectivity index (χ0) is 29.8. The number of nitrogens with zero attached hydrogens (tertiary/aromatic N) is 9. The fourth-order valence-electron chi connectivity index (χ4n) is 6.21. The summed E-state index contributed by atoms with van der Waals surface area (Å²) in [5, 5.41) is 16.1. The van der Waals surface area contributed by atoms with Gasteiger partial charge in [0.05, 0.1) is 0 Å². The Morgan fingerprint density at radius 3 is 0.786 bits per heavy atom. The second-order valence-corrected chi connectivity index (χ2v) is 14.3. The van der Waals surface area contributed by atoms with Gasteiger partial charge in [0.25, 0.3) is 0 Å². The van der Waals surface area contributed by atoms with Crippen LogP contribution in [0.4, 0.5) is 0 Å². The zero-order valence-electron chi connectivity index (χ0n) is 26.0. The van der Waals surface area contributed by atoms with Gasteiger partial charge in [0.15, 0.2) is 34.4 Å². The van der Waals surface area contributed by atoms with E-state index in [4.69, 9.17) is 15.3 Å². The Hall–Kier alpha value is -4.53. The molecule has 0 bridgehead atoms. The third-order valence-corrected chi connectivity index (χ3v) is 7.93. The molecule has 0 aliphatic carbocycles. The molecule has 0 amide bonds. The van der Waals surface area contributed by atoms with Crippen molar-refractivity contribution in [3.8, 4) is 17.5 Å². The lowest BCUT2D eigenvalue weighted by Gasteiger charge is -2.22. The first kappa shape index (κ1) is 26.4. The van der Waals surface area contributed by atoms with E-state index < -0.39 is 0 Å². The standard InChI is InChI=1S/C33H39N9/c1-31(2,3)22-25(37-16-10-11-17-37)34-40-28(22)41-30(23(32(4,5)6)26(35-41)38-18-12-13-19-38)42-29(40)24(33(7,8)9)27(36-42)39-20-14-15-21-39/h10-21H,1-9H3. The Morgan fingerprint density at radius 2 is 0.595 bits per heavy atom. The average molecular weight is 562 g/mol. The summed E-state index contributed by atoms with van der Waals surface area (Å²) in [5.74, 6) is 2.67. The first-order valence-corrected chi connectivity index (χ1v) is 14.6. The molecule has 0 aliphatic heterocycles. The average Bonchev–Trinajstić information content (AvgIpc) is 3.73. The van der Waals surface area contributed by atoms with Crippen LogP contribution in [-0.2, 0) is 16.2 Å². The van der Waals surface area contributed by atoms with Gasteiger partial charge in [-0.1, -0.05) is 62.3 Å². The van der Waals surface area contributed by atoms with Gasteiger partial charge in [-0.3, -0.25) is 0 Å². The SMILES string of the molecule is CC(C)(C)c1c(-n2cccc2)nn2c1n1nc(-n3cccc3)c(C(C)(C)C)c1n1nc(-n3cccc3)c(C(C)(C)C)c21. The van der Waals surface area contributed by atoms with Crippen LogP contribution in [0, 0.1) is 0 Å². The van der Waals surface area contributed by atoms with Crippen molar-refractivity contribution in [2.24, 2.45) is 0 Å². The van der Waals surface area contributed by atoms with Crippen molar-refractivity contribution in [3.63, 3.8) is 0 Å². The lowest BCUT2D eigenvalue weighted by molar-refractivity contribution is 0.586. The number of hydrogen-bond acceptors (Lipinski definition) is 3. The van der Waals surface area contributed by atoms with Gasteiger partial charge in [0, 0.05) is 53.9 Å². The van der Waals surface area contributed by atoms with E-state index in [1.807, 2.05) is 36.4 Å².